The molecular formula is C16H14Cl2N2OS. The molecule has 0 atom stereocenters. The first-order valence-corrected chi connectivity index (χ1v) is 7.68. The van der Waals surface area contributed by atoms with Gasteiger partial charge in [0, 0.05) is 11.3 Å². The standard InChI is InChI=1S/C16H14Cl2N2OS/c1-9-3-5-12(7-10(9)2)19-16(22)20-15(21)11-4-6-13(17)14(18)8-11/h3-8H,1-2H3,(H2,19,20,21,22). The summed E-state index contributed by atoms with van der Waals surface area (Å²) in [4.78, 5) is 12.1. The van der Waals surface area contributed by atoms with Crippen LogP contribution in [0.5, 0.6) is 0 Å². The number of aryl methyl sites for hydroxylation is 2. The molecule has 0 bridgehead atoms. The fraction of sp³-hybridized carbons (Fsp3) is 0.125. The Labute approximate surface area is 144 Å². The van der Waals surface area contributed by atoms with E-state index in [4.69, 9.17) is 35.4 Å². The Morgan fingerprint density at radius 1 is 1.00 bits per heavy atom. The van der Waals surface area contributed by atoms with Crippen LogP contribution in [0, 0.1) is 13.8 Å². The lowest BCUT2D eigenvalue weighted by atomic mass is 10.1. The van der Waals surface area contributed by atoms with Crippen molar-refractivity contribution in [3.8, 4) is 0 Å². The van der Waals surface area contributed by atoms with E-state index in [9.17, 15) is 4.79 Å². The Morgan fingerprint density at radius 3 is 2.36 bits per heavy atom. The van der Waals surface area contributed by atoms with Crippen molar-refractivity contribution in [3.05, 3.63) is 63.1 Å². The van der Waals surface area contributed by atoms with Crippen LogP contribution < -0.4 is 10.6 Å². The van der Waals surface area contributed by atoms with E-state index in [1.165, 1.54) is 11.6 Å². The Bertz CT molecular complexity index is 747. The second kappa shape index (κ2) is 7.09. The van der Waals surface area contributed by atoms with E-state index < -0.39 is 0 Å². The van der Waals surface area contributed by atoms with Gasteiger partial charge in [0.05, 0.1) is 10.0 Å². The van der Waals surface area contributed by atoms with Crippen molar-refractivity contribution in [3.63, 3.8) is 0 Å². The molecule has 0 unspecified atom stereocenters. The van der Waals surface area contributed by atoms with Crippen LogP contribution in [0.4, 0.5) is 5.69 Å². The summed E-state index contributed by atoms with van der Waals surface area (Å²) in [6, 6.07) is 10.5. The first-order chi connectivity index (χ1) is 10.4. The molecule has 0 saturated carbocycles. The molecule has 0 aliphatic carbocycles. The number of hydrogen-bond donors (Lipinski definition) is 2. The Hall–Kier alpha value is -1.62. The van der Waals surface area contributed by atoms with Gasteiger partial charge in [-0.25, -0.2) is 0 Å². The van der Waals surface area contributed by atoms with E-state index in [1.54, 1.807) is 12.1 Å². The van der Waals surface area contributed by atoms with E-state index in [0.29, 0.717) is 15.6 Å². The number of amides is 1. The van der Waals surface area contributed by atoms with Gasteiger partial charge in [0.15, 0.2) is 5.11 Å². The fourth-order valence-electron chi connectivity index (χ4n) is 1.79. The van der Waals surface area contributed by atoms with Crippen molar-refractivity contribution in [1.29, 1.82) is 0 Å². The highest BCUT2D eigenvalue weighted by molar-refractivity contribution is 7.80. The number of hydrogen-bond acceptors (Lipinski definition) is 2. The fourth-order valence-corrected chi connectivity index (χ4v) is 2.30. The van der Waals surface area contributed by atoms with E-state index in [0.717, 1.165) is 11.3 Å². The summed E-state index contributed by atoms with van der Waals surface area (Å²) in [5.41, 5.74) is 3.54. The van der Waals surface area contributed by atoms with E-state index in [-0.39, 0.29) is 11.0 Å². The molecule has 2 N–H and O–H groups in total. The molecule has 22 heavy (non-hydrogen) atoms. The molecule has 2 aromatic carbocycles. The SMILES string of the molecule is Cc1ccc(NC(=S)NC(=O)c2ccc(Cl)c(Cl)c2)cc1C. The summed E-state index contributed by atoms with van der Waals surface area (Å²) in [7, 11) is 0. The van der Waals surface area contributed by atoms with E-state index in [1.807, 2.05) is 32.0 Å². The highest BCUT2D eigenvalue weighted by Gasteiger charge is 2.10. The minimum absolute atomic E-state index is 0.222. The first kappa shape index (κ1) is 16.7. The summed E-state index contributed by atoms with van der Waals surface area (Å²) in [6.45, 7) is 4.04. The second-order valence-electron chi connectivity index (χ2n) is 4.84. The maximum atomic E-state index is 12.1. The molecule has 1 amide bonds. The largest absolute Gasteiger partial charge is 0.332 e. The summed E-state index contributed by atoms with van der Waals surface area (Å²) in [5.74, 6) is -0.347. The molecular weight excluding hydrogens is 339 g/mol. The van der Waals surface area contributed by atoms with Gasteiger partial charge in [0.1, 0.15) is 0 Å². The topological polar surface area (TPSA) is 41.1 Å². The van der Waals surface area contributed by atoms with Crippen molar-refractivity contribution in [2.24, 2.45) is 0 Å². The van der Waals surface area contributed by atoms with Gasteiger partial charge < -0.3 is 5.32 Å². The number of halogens is 2. The maximum Gasteiger partial charge on any atom is 0.257 e. The van der Waals surface area contributed by atoms with E-state index >= 15 is 0 Å². The van der Waals surface area contributed by atoms with E-state index in [2.05, 4.69) is 10.6 Å². The van der Waals surface area contributed by atoms with Gasteiger partial charge in [-0.15, -0.1) is 0 Å². The third-order valence-corrected chi connectivity index (χ3v) is 4.12. The molecule has 0 saturated heterocycles. The molecule has 0 aromatic heterocycles. The van der Waals surface area contributed by atoms with Crippen LogP contribution in [0.15, 0.2) is 36.4 Å². The number of benzene rings is 2. The number of rotatable bonds is 2. The highest BCUT2D eigenvalue weighted by atomic mass is 35.5. The van der Waals surface area contributed by atoms with Crippen LogP contribution in [0.25, 0.3) is 0 Å². The van der Waals surface area contributed by atoms with Crippen LogP contribution in [0.3, 0.4) is 0 Å². The van der Waals surface area contributed by atoms with Crippen molar-refractivity contribution >= 4 is 52.1 Å². The summed E-state index contributed by atoms with van der Waals surface area (Å²) in [6.07, 6.45) is 0. The zero-order chi connectivity index (χ0) is 16.3. The number of carbonyl (C=O) groups is 1. The summed E-state index contributed by atoms with van der Waals surface area (Å²) in [5, 5.41) is 6.52. The number of anilines is 1. The molecule has 0 aliphatic heterocycles. The summed E-state index contributed by atoms with van der Waals surface area (Å²) >= 11 is 16.9. The maximum absolute atomic E-state index is 12.1. The third-order valence-electron chi connectivity index (χ3n) is 3.17. The zero-order valence-corrected chi connectivity index (χ0v) is 14.4. The molecule has 6 heteroatoms. The molecule has 0 fully saturated rings. The van der Waals surface area contributed by atoms with Crippen LogP contribution >= 0.6 is 35.4 Å². The lowest BCUT2D eigenvalue weighted by Crippen LogP contribution is -2.34. The quantitative estimate of drug-likeness (QED) is 0.767. The Kier molecular flexibility index (Phi) is 5.40. The Morgan fingerprint density at radius 2 is 1.73 bits per heavy atom. The molecule has 0 aliphatic rings. The molecule has 2 rings (SSSR count). The van der Waals surface area contributed by atoms with Crippen LogP contribution in [0.2, 0.25) is 10.0 Å². The van der Waals surface area contributed by atoms with Gasteiger partial charge >= 0.3 is 0 Å². The van der Waals surface area contributed by atoms with Gasteiger partial charge in [-0.3, -0.25) is 10.1 Å². The van der Waals surface area contributed by atoms with Gasteiger partial charge in [0.2, 0.25) is 0 Å². The van der Waals surface area contributed by atoms with Gasteiger partial charge in [-0.05, 0) is 67.5 Å². The minimum atomic E-state index is -0.347. The van der Waals surface area contributed by atoms with Gasteiger partial charge in [0.25, 0.3) is 5.91 Å². The smallest absolute Gasteiger partial charge is 0.257 e. The predicted molar refractivity (Wildman–Crippen MR) is 96.1 cm³/mol. The van der Waals surface area contributed by atoms with Crippen LogP contribution in [0.1, 0.15) is 21.5 Å². The summed E-state index contributed by atoms with van der Waals surface area (Å²) < 4.78 is 0. The highest BCUT2D eigenvalue weighted by Crippen LogP contribution is 2.22. The van der Waals surface area contributed by atoms with Crippen LogP contribution in [-0.4, -0.2) is 11.0 Å². The normalized spacial score (nSPS) is 10.2. The molecule has 0 radical (unpaired) electrons. The van der Waals surface area contributed by atoms with Gasteiger partial charge in [-0.2, -0.15) is 0 Å². The lowest BCUT2D eigenvalue weighted by molar-refractivity contribution is 0.0978. The zero-order valence-electron chi connectivity index (χ0n) is 12.0. The van der Waals surface area contributed by atoms with Gasteiger partial charge in [-0.1, -0.05) is 29.3 Å². The molecule has 3 nitrogen and oxygen atoms in total. The molecule has 2 aromatic rings. The predicted octanol–water partition coefficient (Wildman–Crippen LogP) is 4.74. The molecule has 114 valence electrons. The number of thiocarbonyl (C=S) groups is 1. The Balaban J connectivity index is 2.03. The molecule has 0 heterocycles. The number of carbonyl (C=O) groups excluding carboxylic acids is 1. The van der Waals surface area contributed by atoms with Crippen molar-refractivity contribution in [2.75, 3.05) is 5.32 Å². The number of nitrogens with one attached hydrogen (secondary N) is 2. The van der Waals surface area contributed by atoms with Crippen molar-refractivity contribution in [2.45, 2.75) is 13.8 Å². The third kappa shape index (κ3) is 4.19. The van der Waals surface area contributed by atoms with Crippen molar-refractivity contribution in [1.82, 2.24) is 5.32 Å². The minimum Gasteiger partial charge on any atom is -0.332 e. The lowest BCUT2D eigenvalue weighted by Gasteiger charge is -2.11. The molecule has 0 spiro atoms. The van der Waals surface area contributed by atoms with Crippen LogP contribution in [-0.2, 0) is 0 Å². The monoisotopic (exact) mass is 352 g/mol. The first-order valence-electron chi connectivity index (χ1n) is 6.51. The average molecular weight is 353 g/mol. The average Bonchev–Trinajstić information content (AvgIpc) is 2.45. The second-order valence-corrected chi connectivity index (χ2v) is 6.06. The van der Waals surface area contributed by atoms with Crippen molar-refractivity contribution < 1.29 is 4.79 Å².